The summed E-state index contributed by atoms with van der Waals surface area (Å²) in [5, 5.41) is 0.538. The fraction of sp³-hybridized carbons (Fsp3) is 0.500. The minimum Gasteiger partial charge on any atom is -0.336 e. The molecule has 0 aliphatic carbocycles. The van der Waals surface area contributed by atoms with Gasteiger partial charge in [0.25, 0.3) is 5.91 Å². The van der Waals surface area contributed by atoms with Crippen LogP contribution >= 0.6 is 35.0 Å². The van der Waals surface area contributed by atoms with E-state index in [-0.39, 0.29) is 15.8 Å². The number of carbonyl (C=O) groups excluding carboxylic acids is 1. The van der Waals surface area contributed by atoms with E-state index in [1.807, 2.05) is 16.7 Å². The molecule has 6 heteroatoms. The van der Waals surface area contributed by atoms with Crippen molar-refractivity contribution >= 4 is 40.9 Å². The number of hydrogen-bond acceptors (Lipinski definition) is 3. The molecule has 1 amide bonds. The van der Waals surface area contributed by atoms with Crippen molar-refractivity contribution in [3.05, 3.63) is 28.0 Å². The molecule has 1 saturated heterocycles. The van der Waals surface area contributed by atoms with Crippen LogP contribution in [0, 0.1) is 0 Å². The van der Waals surface area contributed by atoms with Crippen molar-refractivity contribution in [1.82, 2.24) is 9.88 Å². The third-order valence-electron chi connectivity index (χ3n) is 2.76. The lowest BCUT2D eigenvalue weighted by molar-refractivity contribution is 0.0747. The van der Waals surface area contributed by atoms with Crippen LogP contribution in [-0.2, 0) is 0 Å². The second-order valence-corrected chi connectivity index (χ2v) is 7.40. The summed E-state index contributed by atoms with van der Waals surface area (Å²) >= 11 is 13.5. The first kappa shape index (κ1) is 14.0. The molecule has 1 aromatic heterocycles. The minimum atomic E-state index is -0.0329. The molecule has 1 aromatic rings. The van der Waals surface area contributed by atoms with Gasteiger partial charge in [0, 0.05) is 29.8 Å². The molecule has 0 atom stereocenters. The van der Waals surface area contributed by atoms with E-state index in [9.17, 15) is 4.79 Å². The Kier molecular flexibility index (Phi) is 4.09. The van der Waals surface area contributed by atoms with Gasteiger partial charge in [0.15, 0.2) is 0 Å². The van der Waals surface area contributed by atoms with Crippen molar-refractivity contribution in [1.29, 1.82) is 0 Å². The van der Waals surface area contributed by atoms with Crippen LogP contribution in [-0.4, -0.2) is 39.4 Å². The number of nitrogens with zero attached hydrogens (tertiary/aromatic N) is 2. The molecule has 0 saturated carbocycles. The smallest absolute Gasteiger partial charge is 0.255 e. The fourth-order valence-electron chi connectivity index (χ4n) is 1.91. The Morgan fingerprint density at radius 2 is 2.22 bits per heavy atom. The number of amides is 1. The number of carbonyl (C=O) groups is 1. The van der Waals surface area contributed by atoms with Crippen molar-refractivity contribution in [2.24, 2.45) is 0 Å². The molecule has 0 aromatic carbocycles. The zero-order valence-corrected chi connectivity index (χ0v) is 12.6. The highest BCUT2D eigenvalue weighted by Gasteiger charge is 2.30. The summed E-state index contributed by atoms with van der Waals surface area (Å²) in [6.45, 7) is 5.78. The molecule has 0 N–H and O–H groups in total. The van der Waals surface area contributed by atoms with Crippen LogP contribution in [0.2, 0.25) is 10.2 Å². The first-order valence-corrected chi connectivity index (χ1v) is 7.37. The number of hydrogen-bond donors (Lipinski definition) is 0. The van der Waals surface area contributed by atoms with E-state index in [4.69, 9.17) is 23.2 Å². The van der Waals surface area contributed by atoms with Crippen LogP contribution in [0.4, 0.5) is 0 Å². The first-order chi connectivity index (χ1) is 8.39. The molecule has 0 unspecified atom stereocenters. The van der Waals surface area contributed by atoms with Crippen molar-refractivity contribution < 1.29 is 4.79 Å². The zero-order chi connectivity index (χ0) is 13.3. The predicted molar refractivity (Wildman–Crippen MR) is 76.7 cm³/mol. The highest BCUT2D eigenvalue weighted by molar-refractivity contribution is 8.00. The number of pyridine rings is 1. The standard InChI is InChI=1S/C12H14Cl2N2OS/c1-12(2)7-16(3-4-18-12)11(17)8-5-9(13)10(14)15-6-8/h5-6H,3-4,7H2,1-2H3. The van der Waals surface area contributed by atoms with E-state index < -0.39 is 0 Å². The Morgan fingerprint density at radius 1 is 1.50 bits per heavy atom. The highest BCUT2D eigenvalue weighted by Crippen LogP contribution is 2.30. The summed E-state index contributed by atoms with van der Waals surface area (Å²) in [7, 11) is 0. The van der Waals surface area contributed by atoms with E-state index in [0.717, 1.165) is 18.8 Å². The van der Waals surface area contributed by atoms with E-state index in [0.29, 0.717) is 10.6 Å². The quantitative estimate of drug-likeness (QED) is 0.746. The third-order valence-corrected chi connectivity index (χ3v) is 4.74. The molecular formula is C12H14Cl2N2OS. The van der Waals surface area contributed by atoms with Crippen LogP contribution in [0.1, 0.15) is 24.2 Å². The van der Waals surface area contributed by atoms with Gasteiger partial charge < -0.3 is 4.90 Å². The van der Waals surface area contributed by atoms with E-state index in [2.05, 4.69) is 18.8 Å². The number of rotatable bonds is 1. The highest BCUT2D eigenvalue weighted by atomic mass is 35.5. The van der Waals surface area contributed by atoms with Gasteiger partial charge in [-0.2, -0.15) is 11.8 Å². The van der Waals surface area contributed by atoms with Crippen LogP contribution in [0.15, 0.2) is 12.3 Å². The topological polar surface area (TPSA) is 33.2 Å². The normalized spacial score (nSPS) is 18.8. The maximum absolute atomic E-state index is 12.3. The Bertz CT molecular complexity index is 479. The Labute approximate surface area is 121 Å². The van der Waals surface area contributed by atoms with Crippen LogP contribution in [0.5, 0.6) is 0 Å². The average Bonchev–Trinajstić information content (AvgIpc) is 2.30. The van der Waals surface area contributed by atoms with Crippen LogP contribution in [0.25, 0.3) is 0 Å². The summed E-state index contributed by atoms with van der Waals surface area (Å²) in [4.78, 5) is 18.1. The molecule has 3 nitrogen and oxygen atoms in total. The average molecular weight is 305 g/mol. The van der Waals surface area contributed by atoms with Gasteiger partial charge in [0.05, 0.1) is 10.6 Å². The van der Waals surface area contributed by atoms with Crippen molar-refractivity contribution in [3.8, 4) is 0 Å². The van der Waals surface area contributed by atoms with Gasteiger partial charge in [-0.3, -0.25) is 4.79 Å². The van der Waals surface area contributed by atoms with E-state index in [1.54, 1.807) is 6.07 Å². The van der Waals surface area contributed by atoms with Gasteiger partial charge in [0.2, 0.25) is 0 Å². The molecule has 0 bridgehead atoms. The van der Waals surface area contributed by atoms with E-state index in [1.165, 1.54) is 6.20 Å². The summed E-state index contributed by atoms with van der Waals surface area (Å²) in [6.07, 6.45) is 1.48. The first-order valence-electron chi connectivity index (χ1n) is 5.63. The van der Waals surface area contributed by atoms with Gasteiger partial charge in [-0.1, -0.05) is 23.2 Å². The maximum atomic E-state index is 12.3. The number of thioether (sulfide) groups is 1. The molecule has 18 heavy (non-hydrogen) atoms. The lowest BCUT2D eigenvalue weighted by atomic mass is 10.1. The Morgan fingerprint density at radius 3 is 2.83 bits per heavy atom. The number of halogens is 2. The lowest BCUT2D eigenvalue weighted by Gasteiger charge is -2.37. The van der Waals surface area contributed by atoms with E-state index >= 15 is 0 Å². The summed E-state index contributed by atoms with van der Waals surface area (Å²) in [6, 6.07) is 1.58. The second-order valence-electron chi connectivity index (χ2n) is 4.83. The van der Waals surface area contributed by atoms with Crippen LogP contribution in [0.3, 0.4) is 0 Å². The van der Waals surface area contributed by atoms with Crippen LogP contribution < -0.4 is 0 Å². The molecular weight excluding hydrogens is 291 g/mol. The maximum Gasteiger partial charge on any atom is 0.255 e. The van der Waals surface area contributed by atoms with Crippen molar-refractivity contribution in [3.63, 3.8) is 0 Å². The zero-order valence-electron chi connectivity index (χ0n) is 10.2. The minimum absolute atomic E-state index is 0.0329. The fourth-order valence-corrected chi connectivity index (χ4v) is 3.29. The number of aromatic nitrogens is 1. The Balaban J connectivity index is 2.18. The van der Waals surface area contributed by atoms with Gasteiger partial charge in [0.1, 0.15) is 5.15 Å². The molecule has 2 heterocycles. The van der Waals surface area contributed by atoms with Gasteiger partial charge in [-0.15, -0.1) is 0 Å². The van der Waals surface area contributed by atoms with Gasteiger partial charge in [-0.05, 0) is 19.9 Å². The molecule has 0 radical (unpaired) electrons. The second kappa shape index (κ2) is 5.27. The van der Waals surface area contributed by atoms with Gasteiger partial charge >= 0.3 is 0 Å². The molecule has 1 aliphatic heterocycles. The van der Waals surface area contributed by atoms with Crippen molar-refractivity contribution in [2.45, 2.75) is 18.6 Å². The third kappa shape index (κ3) is 3.11. The Hall–Kier alpha value is -0.450. The van der Waals surface area contributed by atoms with Crippen molar-refractivity contribution in [2.75, 3.05) is 18.8 Å². The largest absolute Gasteiger partial charge is 0.336 e. The molecule has 0 spiro atoms. The SMILES string of the molecule is CC1(C)CN(C(=O)c2cnc(Cl)c(Cl)c2)CCS1. The predicted octanol–water partition coefficient (Wildman–Crippen LogP) is 3.36. The lowest BCUT2D eigenvalue weighted by Crippen LogP contribution is -2.46. The summed E-state index contributed by atoms with van der Waals surface area (Å²) < 4.78 is 0.0948. The molecule has 2 rings (SSSR count). The molecule has 1 fully saturated rings. The summed E-state index contributed by atoms with van der Waals surface area (Å²) in [5.41, 5.74) is 0.493. The molecule has 1 aliphatic rings. The summed E-state index contributed by atoms with van der Waals surface area (Å²) in [5.74, 6) is 0.919. The monoisotopic (exact) mass is 304 g/mol. The van der Waals surface area contributed by atoms with Gasteiger partial charge in [-0.25, -0.2) is 4.98 Å². The molecule has 98 valence electrons.